The molecule has 0 aliphatic heterocycles. The predicted molar refractivity (Wildman–Crippen MR) is 38.4 cm³/mol. The zero-order valence-electron chi connectivity index (χ0n) is 6.82. The lowest BCUT2D eigenvalue weighted by Gasteiger charge is -2.19. The molecule has 0 unspecified atom stereocenters. The van der Waals surface area contributed by atoms with Crippen molar-refractivity contribution in [3.8, 4) is 0 Å². The first-order valence-corrected chi connectivity index (χ1v) is 3.07. The minimum Gasteiger partial charge on any atom is -0.452 e. The Bertz CT molecular complexity index is 117. The molecule has 4 nitrogen and oxygen atoms in total. The van der Waals surface area contributed by atoms with Crippen LogP contribution in [0.1, 0.15) is 20.8 Å². The first kappa shape index (κ1) is 9.23. The minimum atomic E-state index is -0.477. The van der Waals surface area contributed by atoms with Crippen LogP contribution in [0.4, 0.5) is 4.79 Å². The SMILES string of the molecule is COC(=O)NNC(C)(C)C. The maximum absolute atomic E-state index is 10.5. The summed E-state index contributed by atoms with van der Waals surface area (Å²) in [6.07, 6.45) is -0.477. The Morgan fingerprint density at radius 3 is 2.20 bits per heavy atom. The third kappa shape index (κ3) is 5.37. The molecule has 0 aromatic heterocycles. The average Bonchev–Trinajstić information content (AvgIpc) is 1.81. The quantitative estimate of drug-likeness (QED) is 0.534. The Morgan fingerprint density at radius 2 is 1.90 bits per heavy atom. The highest BCUT2D eigenvalue weighted by atomic mass is 16.5. The van der Waals surface area contributed by atoms with E-state index >= 15 is 0 Å². The molecule has 0 aromatic rings. The number of methoxy groups -OCH3 is 1. The predicted octanol–water partition coefficient (Wildman–Crippen LogP) is 0.645. The van der Waals surface area contributed by atoms with Gasteiger partial charge >= 0.3 is 6.09 Å². The number of nitrogens with one attached hydrogen (secondary N) is 2. The Hall–Kier alpha value is -0.770. The highest BCUT2D eigenvalue weighted by Gasteiger charge is 2.09. The molecule has 0 bridgehead atoms. The summed E-state index contributed by atoms with van der Waals surface area (Å²) < 4.78 is 4.33. The van der Waals surface area contributed by atoms with Gasteiger partial charge in [0.15, 0.2) is 0 Å². The van der Waals surface area contributed by atoms with Gasteiger partial charge in [0.1, 0.15) is 0 Å². The number of hydrogen-bond acceptors (Lipinski definition) is 3. The molecule has 4 heteroatoms. The van der Waals surface area contributed by atoms with Crippen molar-refractivity contribution in [2.75, 3.05) is 7.11 Å². The van der Waals surface area contributed by atoms with Gasteiger partial charge in [-0.2, -0.15) is 0 Å². The highest BCUT2D eigenvalue weighted by molar-refractivity contribution is 5.66. The number of rotatable bonds is 1. The number of amides is 1. The number of carbonyl (C=O) groups excluding carboxylic acids is 1. The normalized spacial score (nSPS) is 10.8. The summed E-state index contributed by atoms with van der Waals surface area (Å²) in [5.74, 6) is 0. The van der Waals surface area contributed by atoms with Crippen LogP contribution in [-0.4, -0.2) is 18.7 Å². The van der Waals surface area contributed by atoms with Gasteiger partial charge in [-0.15, -0.1) is 0 Å². The minimum absolute atomic E-state index is 0.131. The van der Waals surface area contributed by atoms with Gasteiger partial charge in [0, 0.05) is 5.54 Å². The van der Waals surface area contributed by atoms with E-state index in [1.807, 2.05) is 20.8 Å². The number of hydrazine groups is 1. The van der Waals surface area contributed by atoms with Gasteiger partial charge in [0.05, 0.1) is 7.11 Å². The van der Waals surface area contributed by atoms with Crippen LogP contribution in [0.25, 0.3) is 0 Å². The maximum atomic E-state index is 10.5. The van der Waals surface area contributed by atoms with Crippen LogP contribution >= 0.6 is 0 Å². The molecule has 0 fully saturated rings. The van der Waals surface area contributed by atoms with E-state index in [4.69, 9.17) is 0 Å². The monoisotopic (exact) mass is 146 g/mol. The second-order valence-corrected chi connectivity index (χ2v) is 2.99. The highest BCUT2D eigenvalue weighted by Crippen LogP contribution is 1.94. The van der Waals surface area contributed by atoms with Gasteiger partial charge < -0.3 is 4.74 Å². The topological polar surface area (TPSA) is 50.4 Å². The Balaban J connectivity index is 3.46. The van der Waals surface area contributed by atoms with Crippen LogP contribution in [0.15, 0.2) is 0 Å². The van der Waals surface area contributed by atoms with E-state index in [0.717, 1.165) is 0 Å². The average molecular weight is 146 g/mol. The van der Waals surface area contributed by atoms with Crippen LogP contribution < -0.4 is 10.9 Å². The van der Waals surface area contributed by atoms with E-state index in [1.165, 1.54) is 7.11 Å². The van der Waals surface area contributed by atoms with E-state index in [1.54, 1.807) is 0 Å². The van der Waals surface area contributed by atoms with Crippen LogP contribution in [0, 0.1) is 0 Å². The third-order valence-electron chi connectivity index (χ3n) is 0.725. The zero-order chi connectivity index (χ0) is 8.20. The smallest absolute Gasteiger partial charge is 0.421 e. The fourth-order valence-corrected chi connectivity index (χ4v) is 0.290. The van der Waals surface area contributed by atoms with E-state index in [-0.39, 0.29) is 5.54 Å². The van der Waals surface area contributed by atoms with Crippen molar-refractivity contribution < 1.29 is 9.53 Å². The van der Waals surface area contributed by atoms with Gasteiger partial charge in [0.2, 0.25) is 0 Å². The number of ether oxygens (including phenoxy) is 1. The first-order valence-electron chi connectivity index (χ1n) is 3.07. The molecule has 0 rings (SSSR count). The molecular weight excluding hydrogens is 132 g/mol. The summed E-state index contributed by atoms with van der Waals surface area (Å²) in [5.41, 5.74) is 4.98. The molecule has 2 N–H and O–H groups in total. The van der Waals surface area contributed by atoms with Crippen molar-refractivity contribution in [2.45, 2.75) is 26.3 Å². The molecule has 0 spiro atoms. The number of hydrogen-bond donors (Lipinski definition) is 2. The second-order valence-electron chi connectivity index (χ2n) is 2.99. The van der Waals surface area contributed by atoms with Crippen molar-refractivity contribution in [1.82, 2.24) is 10.9 Å². The van der Waals surface area contributed by atoms with Crippen LogP contribution in [0.5, 0.6) is 0 Å². The summed E-state index contributed by atoms with van der Waals surface area (Å²) in [6, 6.07) is 0. The van der Waals surface area contributed by atoms with Crippen molar-refractivity contribution in [3.63, 3.8) is 0 Å². The van der Waals surface area contributed by atoms with Crippen LogP contribution in [0.3, 0.4) is 0 Å². The van der Waals surface area contributed by atoms with E-state index < -0.39 is 6.09 Å². The van der Waals surface area contributed by atoms with Crippen molar-refractivity contribution in [1.29, 1.82) is 0 Å². The van der Waals surface area contributed by atoms with Gasteiger partial charge in [-0.3, -0.25) is 5.43 Å². The van der Waals surface area contributed by atoms with E-state index in [9.17, 15) is 4.79 Å². The van der Waals surface area contributed by atoms with Gasteiger partial charge in [-0.05, 0) is 20.8 Å². The molecule has 0 aliphatic carbocycles. The summed E-state index contributed by atoms with van der Waals surface area (Å²) in [7, 11) is 1.32. The molecule has 0 saturated carbocycles. The lowest BCUT2D eigenvalue weighted by atomic mass is 10.1. The molecular formula is C6H14N2O2. The largest absolute Gasteiger partial charge is 0.452 e. The van der Waals surface area contributed by atoms with Crippen molar-refractivity contribution in [3.05, 3.63) is 0 Å². The van der Waals surface area contributed by atoms with Gasteiger partial charge in [-0.1, -0.05) is 0 Å². The van der Waals surface area contributed by atoms with Gasteiger partial charge in [0.25, 0.3) is 0 Å². The Morgan fingerprint density at radius 1 is 1.40 bits per heavy atom. The lowest BCUT2D eigenvalue weighted by Crippen LogP contribution is -2.48. The molecule has 0 saturated heterocycles. The fraction of sp³-hybridized carbons (Fsp3) is 0.833. The standard InChI is InChI=1S/C6H14N2O2/c1-6(2,3)8-7-5(9)10-4/h8H,1-4H3,(H,7,9). The first-order chi connectivity index (χ1) is 4.45. The summed E-state index contributed by atoms with van der Waals surface area (Å²) in [4.78, 5) is 10.5. The zero-order valence-corrected chi connectivity index (χ0v) is 6.82. The van der Waals surface area contributed by atoms with Crippen molar-refractivity contribution in [2.24, 2.45) is 0 Å². The molecule has 0 heterocycles. The fourth-order valence-electron chi connectivity index (χ4n) is 0.290. The Kier molecular flexibility index (Phi) is 3.15. The second kappa shape index (κ2) is 3.41. The maximum Gasteiger partial charge on any atom is 0.421 e. The van der Waals surface area contributed by atoms with Gasteiger partial charge in [-0.25, -0.2) is 10.2 Å². The molecule has 1 amide bonds. The third-order valence-corrected chi connectivity index (χ3v) is 0.725. The molecule has 0 aromatic carbocycles. The number of carbonyl (C=O) groups is 1. The lowest BCUT2D eigenvalue weighted by molar-refractivity contribution is 0.159. The van der Waals surface area contributed by atoms with E-state index in [2.05, 4.69) is 15.6 Å². The Labute approximate surface area is 60.9 Å². The molecule has 60 valence electrons. The van der Waals surface area contributed by atoms with Crippen molar-refractivity contribution >= 4 is 6.09 Å². The van der Waals surface area contributed by atoms with Crippen LogP contribution in [0.2, 0.25) is 0 Å². The molecule has 10 heavy (non-hydrogen) atoms. The van der Waals surface area contributed by atoms with E-state index in [0.29, 0.717) is 0 Å². The summed E-state index contributed by atoms with van der Waals surface area (Å²) in [6.45, 7) is 5.80. The molecule has 0 atom stereocenters. The summed E-state index contributed by atoms with van der Waals surface area (Å²) >= 11 is 0. The summed E-state index contributed by atoms with van der Waals surface area (Å²) in [5, 5.41) is 0. The molecule has 0 aliphatic rings. The molecule has 0 radical (unpaired) electrons. The van der Waals surface area contributed by atoms with Crippen LogP contribution in [-0.2, 0) is 4.74 Å².